The van der Waals surface area contributed by atoms with Gasteiger partial charge in [-0.05, 0) is 32.7 Å². The van der Waals surface area contributed by atoms with Crippen molar-refractivity contribution in [1.82, 2.24) is 25.3 Å². The molecule has 136 valence electrons. The smallest absolute Gasteiger partial charge is 0.321 e. The van der Waals surface area contributed by atoms with E-state index in [1.54, 1.807) is 19.0 Å². The highest BCUT2D eigenvalue weighted by Crippen LogP contribution is 2.18. The molecule has 0 spiro atoms. The van der Waals surface area contributed by atoms with Gasteiger partial charge in [-0.1, -0.05) is 0 Å². The standard InChI is InChI=1S/C16H29N5O3/c1-12(15(23)18-16(24)17-13-5-6-13)21-8-4-7-20(9-10-21)11-14(22)19(2)3/h12-13H,4-11H2,1-3H3,(H2,17,18,23,24)/t12-/m1/s1. The van der Waals surface area contributed by atoms with E-state index in [1.807, 2.05) is 6.92 Å². The number of hydrogen-bond donors (Lipinski definition) is 2. The van der Waals surface area contributed by atoms with Crippen molar-refractivity contribution < 1.29 is 14.4 Å². The van der Waals surface area contributed by atoms with Crippen LogP contribution in [0.3, 0.4) is 0 Å². The lowest BCUT2D eigenvalue weighted by Gasteiger charge is -2.26. The molecule has 8 heteroatoms. The summed E-state index contributed by atoms with van der Waals surface area (Å²) >= 11 is 0. The fourth-order valence-corrected chi connectivity index (χ4v) is 2.70. The van der Waals surface area contributed by atoms with Crippen LogP contribution in [-0.2, 0) is 9.59 Å². The van der Waals surface area contributed by atoms with Gasteiger partial charge in [-0.3, -0.25) is 24.7 Å². The predicted octanol–water partition coefficient (Wildman–Crippen LogP) is -0.541. The van der Waals surface area contributed by atoms with Crippen LogP contribution in [0.4, 0.5) is 4.79 Å². The summed E-state index contributed by atoms with van der Waals surface area (Å²) in [6.45, 7) is 5.30. The molecule has 0 radical (unpaired) electrons. The van der Waals surface area contributed by atoms with Crippen LogP contribution < -0.4 is 10.6 Å². The SMILES string of the molecule is C[C@H](C(=O)NC(=O)NC1CC1)N1CCCN(CC(=O)N(C)C)CC1. The molecule has 2 rings (SSSR count). The minimum Gasteiger partial charge on any atom is -0.348 e. The fourth-order valence-electron chi connectivity index (χ4n) is 2.70. The monoisotopic (exact) mass is 339 g/mol. The van der Waals surface area contributed by atoms with Crippen molar-refractivity contribution in [3.05, 3.63) is 0 Å². The van der Waals surface area contributed by atoms with Crippen LogP contribution in [-0.4, -0.2) is 91.4 Å². The molecule has 1 aliphatic heterocycles. The number of urea groups is 1. The van der Waals surface area contributed by atoms with E-state index in [-0.39, 0.29) is 23.9 Å². The summed E-state index contributed by atoms with van der Waals surface area (Å²) in [7, 11) is 3.51. The van der Waals surface area contributed by atoms with Crippen molar-refractivity contribution in [2.45, 2.75) is 38.3 Å². The number of imide groups is 1. The summed E-state index contributed by atoms with van der Waals surface area (Å²) in [5.41, 5.74) is 0. The summed E-state index contributed by atoms with van der Waals surface area (Å²) < 4.78 is 0. The molecule has 0 aromatic rings. The number of carbonyl (C=O) groups is 3. The molecule has 1 heterocycles. The minimum atomic E-state index is -0.401. The van der Waals surface area contributed by atoms with E-state index in [1.165, 1.54) is 0 Å². The summed E-state index contributed by atoms with van der Waals surface area (Å²) in [4.78, 5) is 41.5. The second-order valence-electron chi connectivity index (χ2n) is 6.87. The molecular formula is C16H29N5O3. The second-order valence-corrected chi connectivity index (χ2v) is 6.87. The number of nitrogens with zero attached hydrogens (tertiary/aromatic N) is 3. The van der Waals surface area contributed by atoms with E-state index in [0.29, 0.717) is 13.1 Å². The van der Waals surface area contributed by atoms with E-state index in [9.17, 15) is 14.4 Å². The molecule has 1 saturated heterocycles. The van der Waals surface area contributed by atoms with Gasteiger partial charge in [0.2, 0.25) is 11.8 Å². The molecule has 0 bridgehead atoms. The lowest BCUT2D eigenvalue weighted by Crippen LogP contribution is -2.50. The van der Waals surface area contributed by atoms with Gasteiger partial charge >= 0.3 is 6.03 Å². The number of nitrogens with one attached hydrogen (secondary N) is 2. The van der Waals surface area contributed by atoms with E-state index >= 15 is 0 Å². The third kappa shape index (κ3) is 5.76. The highest BCUT2D eigenvalue weighted by atomic mass is 16.2. The van der Waals surface area contributed by atoms with Crippen LogP contribution in [0.5, 0.6) is 0 Å². The van der Waals surface area contributed by atoms with Crippen LogP contribution in [0.15, 0.2) is 0 Å². The number of hydrogen-bond acceptors (Lipinski definition) is 5. The summed E-state index contributed by atoms with van der Waals surface area (Å²) in [6, 6.07) is -0.532. The molecule has 2 fully saturated rings. The second kappa shape index (κ2) is 8.43. The highest BCUT2D eigenvalue weighted by molar-refractivity contribution is 5.97. The Morgan fingerprint density at radius 2 is 1.83 bits per heavy atom. The average molecular weight is 339 g/mol. The van der Waals surface area contributed by atoms with Crippen LogP contribution in [0.1, 0.15) is 26.2 Å². The van der Waals surface area contributed by atoms with Crippen molar-refractivity contribution in [2.24, 2.45) is 0 Å². The quantitative estimate of drug-likeness (QED) is 0.703. The van der Waals surface area contributed by atoms with E-state index in [4.69, 9.17) is 0 Å². The molecule has 0 aromatic carbocycles. The maximum absolute atomic E-state index is 12.2. The maximum Gasteiger partial charge on any atom is 0.321 e. The predicted molar refractivity (Wildman–Crippen MR) is 90.5 cm³/mol. The Morgan fingerprint density at radius 3 is 2.46 bits per heavy atom. The molecule has 1 aliphatic carbocycles. The molecule has 4 amide bonds. The molecular weight excluding hydrogens is 310 g/mol. The van der Waals surface area contributed by atoms with Crippen LogP contribution in [0.25, 0.3) is 0 Å². The van der Waals surface area contributed by atoms with Gasteiger partial charge in [0.15, 0.2) is 0 Å². The molecule has 2 N–H and O–H groups in total. The number of rotatable bonds is 5. The minimum absolute atomic E-state index is 0.0889. The Kier molecular flexibility index (Phi) is 6.56. The molecule has 2 aliphatic rings. The normalized spacial score (nSPS) is 20.8. The van der Waals surface area contributed by atoms with Gasteiger partial charge in [-0.2, -0.15) is 0 Å². The van der Waals surface area contributed by atoms with Gasteiger partial charge in [0, 0.05) is 39.8 Å². The van der Waals surface area contributed by atoms with E-state index < -0.39 is 6.03 Å². The van der Waals surface area contributed by atoms with Gasteiger partial charge in [-0.25, -0.2) is 4.79 Å². The zero-order valence-corrected chi connectivity index (χ0v) is 14.9. The van der Waals surface area contributed by atoms with Crippen molar-refractivity contribution in [3.63, 3.8) is 0 Å². The van der Waals surface area contributed by atoms with E-state index in [2.05, 4.69) is 20.4 Å². The van der Waals surface area contributed by atoms with Gasteiger partial charge in [0.25, 0.3) is 0 Å². The van der Waals surface area contributed by atoms with Gasteiger partial charge in [0.1, 0.15) is 0 Å². The summed E-state index contributed by atoms with van der Waals surface area (Å²) in [5.74, 6) is -0.183. The Balaban J connectivity index is 1.77. The van der Waals surface area contributed by atoms with Gasteiger partial charge in [0.05, 0.1) is 12.6 Å². The largest absolute Gasteiger partial charge is 0.348 e. The fraction of sp³-hybridized carbons (Fsp3) is 0.812. The Bertz CT molecular complexity index is 478. The molecule has 24 heavy (non-hydrogen) atoms. The van der Waals surface area contributed by atoms with Crippen LogP contribution >= 0.6 is 0 Å². The molecule has 0 aromatic heterocycles. The topological polar surface area (TPSA) is 85.0 Å². The first kappa shape index (κ1) is 18.7. The molecule has 1 atom stereocenters. The zero-order chi connectivity index (χ0) is 17.7. The van der Waals surface area contributed by atoms with Crippen molar-refractivity contribution in [1.29, 1.82) is 0 Å². The Morgan fingerprint density at radius 1 is 1.12 bits per heavy atom. The summed E-state index contributed by atoms with van der Waals surface area (Å²) in [6.07, 6.45) is 2.88. The van der Waals surface area contributed by atoms with Gasteiger partial charge in [-0.15, -0.1) is 0 Å². The third-order valence-corrected chi connectivity index (χ3v) is 4.56. The first-order chi connectivity index (χ1) is 11.4. The highest BCUT2D eigenvalue weighted by Gasteiger charge is 2.28. The van der Waals surface area contributed by atoms with Crippen molar-refractivity contribution in [3.8, 4) is 0 Å². The van der Waals surface area contributed by atoms with Crippen molar-refractivity contribution >= 4 is 17.8 Å². The number of likely N-dealkylation sites (N-methyl/N-ethyl adjacent to an activating group) is 1. The molecule has 0 unspecified atom stereocenters. The lowest BCUT2D eigenvalue weighted by molar-refractivity contribution is -0.130. The third-order valence-electron chi connectivity index (χ3n) is 4.56. The van der Waals surface area contributed by atoms with E-state index in [0.717, 1.165) is 38.9 Å². The Hall–Kier alpha value is -1.67. The molecule has 8 nitrogen and oxygen atoms in total. The maximum atomic E-state index is 12.2. The van der Waals surface area contributed by atoms with Gasteiger partial charge < -0.3 is 10.2 Å². The zero-order valence-electron chi connectivity index (χ0n) is 14.9. The van der Waals surface area contributed by atoms with Crippen LogP contribution in [0.2, 0.25) is 0 Å². The lowest BCUT2D eigenvalue weighted by atomic mass is 10.2. The number of carbonyl (C=O) groups excluding carboxylic acids is 3. The first-order valence-electron chi connectivity index (χ1n) is 8.64. The molecule has 1 saturated carbocycles. The average Bonchev–Trinajstić information content (AvgIpc) is 3.33. The first-order valence-corrected chi connectivity index (χ1v) is 8.64. The Labute approximate surface area is 143 Å². The van der Waals surface area contributed by atoms with Crippen molar-refractivity contribution in [2.75, 3.05) is 46.8 Å². The van der Waals surface area contributed by atoms with Crippen LogP contribution in [0, 0.1) is 0 Å². The number of amides is 4. The summed E-state index contributed by atoms with van der Waals surface area (Å²) in [5, 5.41) is 5.18.